The predicted octanol–water partition coefficient (Wildman–Crippen LogP) is 1.66. The quantitative estimate of drug-likeness (QED) is 0.804. The summed E-state index contributed by atoms with van der Waals surface area (Å²) >= 11 is 0. The van der Waals surface area contributed by atoms with E-state index in [0.29, 0.717) is 17.6 Å². The largest absolute Gasteiger partial charge is 0.381 e. The van der Waals surface area contributed by atoms with Gasteiger partial charge in [0.1, 0.15) is 0 Å². The van der Waals surface area contributed by atoms with Crippen molar-refractivity contribution in [3.63, 3.8) is 0 Å². The van der Waals surface area contributed by atoms with Gasteiger partial charge in [0.15, 0.2) is 0 Å². The molecule has 0 aromatic rings. The molecule has 1 saturated carbocycles. The first-order chi connectivity index (χ1) is 11.1. The third kappa shape index (κ3) is 3.59. The van der Waals surface area contributed by atoms with E-state index in [1.54, 1.807) is 0 Å². The molecule has 1 N–H and O–H groups in total. The molecule has 3 fully saturated rings. The summed E-state index contributed by atoms with van der Waals surface area (Å²) in [5.41, 5.74) is 0.474. The van der Waals surface area contributed by atoms with Crippen LogP contribution < -0.4 is 5.32 Å². The second-order valence-corrected chi connectivity index (χ2v) is 7.87. The van der Waals surface area contributed by atoms with Crippen molar-refractivity contribution in [1.82, 2.24) is 10.2 Å². The van der Waals surface area contributed by atoms with Crippen LogP contribution in [-0.2, 0) is 14.2 Å². The van der Waals surface area contributed by atoms with Gasteiger partial charge in [-0.1, -0.05) is 0 Å². The Morgan fingerprint density at radius 1 is 1.13 bits per heavy atom. The first kappa shape index (κ1) is 17.6. The van der Waals surface area contributed by atoms with Crippen LogP contribution in [0.1, 0.15) is 40.0 Å². The molecule has 1 spiro atoms. The maximum absolute atomic E-state index is 6.03. The highest BCUT2D eigenvalue weighted by molar-refractivity contribution is 5.09. The molecule has 2 atom stereocenters. The Kier molecular flexibility index (Phi) is 5.64. The molecule has 5 nitrogen and oxygen atoms in total. The van der Waals surface area contributed by atoms with Crippen LogP contribution in [0.3, 0.4) is 0 Å². The van der Waals surface area contributed by atoms with Gasteiger partial charge in [0.05, 0.1) is 19.3 Å². The summed E-state index contributed by atoms with van der Waals surface area (Å²) < 4.78 is 17.1. The molecule has 0 bridgehead atoms. The lowest BCUT2D eigenvalue weighted by atomic mass is 9.57. The van der Waals surface area contributed by atoms with E-state index in [2.05, 4.69) is 31.0 Å². The van der Waals surface area contributed by atoms with E-state index in [4.69, 9.17) is 14.2 Å². The average Bonchev–Trinajstić information content (AvgIpc) is 2.59. The minimum atomic E-state index is 0.173. The van der Waals surface area contributed by atoms with Crippen molar-refractivity contribution in [2.45, 2.75) is 57.7 Å². The zero-order valence-corrected chi connectivity index (χ0v) is 15.1. The second-order valence-electron chi connectivity index (χ2n) is 7.87. The van der Waals surface area contributed by atoms with E-state index in [9.17, 15) is 0 Å². The molecule has 0 unspecified atom stereocenters. The van der Waals surface area contributed by atoms with Gasteiger partial charge in [-0.05, 0) is 40.0 Å². The lowest BCUT2D eigenvalue weighted by Crippen LogP contribution is -2.67. The van der Waals surface area contributed by atoms with E-state index >= 15 is 0 Å². The van der Waals surface area contributed by atoms with E-state index in [0.717, 1.165) is 71.9 Å². The lowest BCUT2D eigenvalue weighted by Gasteiger charge is -2.58. The molecule has 0 radical (unpaired) electrons. The number of hydrogen-bond acceptors (Lipinski definition) is 5. The van der Waals surface area contributed by atoms with Crippen LogP contribution in [0, 0.1) is 5.41 Å². The molecule has 2 saturated heterocycles. The molecule has 134 valence electrons. The molecule has 0 aromatic heterocycles. The average molecular weight is 326 g/mol. The molecule has 3 rings (SSSR count). The summed E-state index contributed by atoms with van der Waals surface area (Å²) in [6.07, 6.45) is 3.83. The van der Waals surface area contributed by atoms with Crippen LogP contribution in [0.4, 0.5) is 0 Å². The van der Waals surface area contributed by atoms with E-state index in [-0.39, 0.29) is 5.54 Å². The van der Waals surface area contributed by atoms with Crippen molar-refractivity contribution >= 4 is 0 Å². The molecule has 2 heterocycles. The molecule has 3 aliphatic rings. The summed E-state index contributed by atoms with van der Waals surface area (Å²) in [4.78, 5) is 2.55. The van der Waals surface area contributed by atoms with Crippen LogP contribution in [0.25, 0.3) is 0 Å². The highest BCUT2D eigenvalue weighted by Gasteiger charge is 2.56. The fourth-order valence-corrected chi connectivity index (χ4v) is 4.54. The minimum Gasteiger partial charge on any atom is -0.381 e. The number of hydrogen-bond donors (Lipinski definition) is 1. The molecule has 0 amide bonds. The van der Waals surface area contributed by atoms with Gasteiger partial charge in [-0.25, -0.2) is 0 Å². The first-order valence-electron chi connectivity index (χ1n) is 9.34. The van der Waals surface area contributed by atoms with Crippen molar-refractivity contribution in [2.75, 3.05) is 52.7 Å². The smallest absolute Gasteiger partial charge is 0.0662 e. The zero-order chi connectivity index (χ0) is 16.3. The second kappa shape index (κ2) is 7.36. The third-order valence-corrected chi connectivity index (χ3v) is 6.22. The minimum absolute atomic E-state index is 0.173. The maximum atomic E-state index is 6.03. The van der Waals surface area contributed by atoms with Gasteiger partial charge in [-0.3, -0.25) is 4.90 Å². The molecular weight excluding hydrogens is 292 g/mol. The van der Waals surface area contributed by atoms with Crippen molar-refractivity contribution in [2.24, 2.45) is 5.41 Å². The van der Waals surface area contributed by atoms with Gasteiger partial charge < -0.3 is 19.5 Å². The van der Waals surface area contributed by atoms with Crippen LogP contribution >= 0.6 is 0 Å². The number of nitrogens with one attached hydrogen (secondary N) is 1. The van der Waals surface area contributed by atoms with E-state index < -0.39 is 0 Å². The van der Waals surface area contributed by atoms with Gasteiger partial charge in [0.2, 0.25) is 0 Å². The van der Waals surface area contributed by atoms with Gasteiger partial charge in [-0.15, -0.1) is 0 Å². The Morgan fingerprint density at radius 3 is 2.43 bits per heavy atom. The molecule has 2 aliphatic heterocycles. The number of morpholine rings is 1. The van der Waals surface area contributed by atoms with E-state index in [1.165, 1.54) is 0 Å². The summed E-state index contributed by atoms with van der Waals surface area (Å²) in [5, 5.41) is 3.89. The van der Waals surface area contributed by atoms with Crippen molar-refractivity contribution in [1.29, 1.82) is 0 Å². The normalized spacial score (nSPS) is 32.0. The van der Waals surface area contributed by atoms with Gasteiger partial charge in [-0.2, -0.15) is 0 Å². The fraction of sp³-hybridized carbons (Fsp3) is 1.00. The Labute approximate surface area is 141 Å². The Balaban J connectivity index is 1.56. The van der Waals surface area contributed by atoms with Crippen LogP contribution in [0.5, 0.6) is 0 Å². The highest BCUT2D eigenvalue weighted by Crippen LogP contribution is 2.50. The van der Waals surface area contributed by atoms with E-state index in [1.807, 2.05) is 0 Å². The number of nitrogens with zero attached hydrogens (tertiary/aromatic N) is 1. The van der Waals surface area contributed by atoms with Crippen LogP contribution in [-0.4, -0.2) is 75.3 Å². The maximum Gasteiger partial charge on any atom is 0.0662 e. The molecule has 5 heteroatoms. The SMILES string of the molecule is CCO[C@H]1C[C@H](NCC(C)(C)N2CCOCC2)C12CCOCC2. The summed E-state index contributed by atoms with van der Waals surface area (Å²) in [7, 11) is 0. The Morgan fingerprint density at radius 2 is 1.78 bits per heavy atom. The topological polar surface area (TPSA) is 43.0 Å². The van der Waals surface area contributed by atoms with Crippen LogP contribution in [0.2, 0.25) is 0 Å². The molecular formula is C18H34N2O3. The Hall–Kier alpha value is -0.200. The molecule has 1 aliphatic carbocycles. The lowest BCUT2D eigenvalue weighted by molar-refractivity contribution is -0.174. The number of rotatable bonds is 6. The standard InChI is InChI=1S/C18H34N2O3/c1-4-23-16-13-15(18(16)5-9-21-10-6-18)19-14-17(2,3)20-7-11-22-12-8-20/h15-16,19H,4-14H2,1-3H3/t15-,16-/m0/s1. The summed E-state index contributed by atoms with van der Waals surface area (Å²) in [6.45, 7) is 14.2. The highest BCUT2D eigenvalue weighted by atomic mass is 16.5. The fourth-order valence-electron chi connectivity index (χ4n) is 4.54. The summed E-state index contributed by atoms with van der Waals surface area (Å²) in [6, 6.07) is 0.572. The van der Waals surface area contributed by atoms with Gasteiger partial charge >= 0.3 is 0 Å². The number of ether oxygens (including phenoxy) is 3. The zero-order valence-electron chi connectivity index (χ0n) is 15.1. The predicted molar refractivity (Wildman–Crippen MR) is 90.8 cm³/mol. The summed E-state index contributed by atoms with van der Waals surface area (Å²) in [5.74, 6) is 0. The van der Waals surface area contributed by atoms with Crippen molar-refractivity contribution < 1.29 is 14.2 Å². The van der Waals surface area contributed by atoms with Crippen LogP contribution in [0.15, 0.2) is 0 Å². The third-order valence-electron chi connectivity index (χ3n) is 6.22. The first-order valence-corrected chi connectivity index (χ1v) is 9.34. The monoisotopic (exact) mass is 326 g/mol. The van der Waals surface area contributed by atoms with Gasteiger partial charge in [0.25, 0.3) is 0 Å². The molecule has 23 heavy (non-hydrogen) atoms. The van der Waals surface area contributed by atoms with Gasteiger partial charge in [0, 0.05) is 56.5 Å². The molecule has 0 aromatic carbocycles. The Bertz CT molecular complexity index is 376. The van der Waals surface area contributed by atoms with Crippen molar-refractivity contribution in [3.8, 4) is 0 Å². The van der Waals surface area contributed by atoms with Crippen molar-refractivity contribution in [3.05, 3.63) is 0 Å².